The summed E-state index contributed by atoms with van der Waals surface area (Å²) in [6.07, 6.45) is -6.53. The highest BCUT2D eigenvalue weighted by Gasteiger charge is 2.42. The fourth-order valence-corrected chi connectivity index (χ4v) is 1.97. The van der Waals surface area contributed by atoms with E-state index in [9.17, 15) is 0 Å². The van der Waals surface area contributed by atoms with Gasteiger partial charge in [0.2, 0.25) is 0 Å². The molecule has 0 aromatic heterocycles. The Hall–Kier alpha value is 0.110. The van der Waals surface area contributed by atoms with Gasteiger partial charge in [-0.25, -0.2) is 0 Å². The molecule has 1 aliphatic heterocycles. The molecule has 6 atom stereocenters. The number of hydrogen-bond donors (Lipinski definition) is 6. The van der Waals surface area contributed by atoms with Gasteiger partial charge in [0.15, 0.2) is 0 Å². The quantitative estimate of drug-likeness (QED) is 0.250. The van der Waals surface area contributed by atoms with Gasteiger partial charge in [-0.05, 0) is 0 Å². The third-order valence-corrected chi connectivity index (χ3v) is 3.03. The Kier molecular flexibility index (Phi) is 3.52. The average Bonchev–Trinajstić information content (AvgIpc) is 2.15. The predicted molar refractivity (Wildman–Crippen MR) is 43.6 cm³/mol. The van der Waals surface area contributed by atoms with Crippen molar-refractivity contribution in [2.75, 3.05) is 0 Å². The number of aliphatic hydroxyl groups excluding tert-OH is 6. The molecule has 0 spiro atoms. The summed E-state index contributed by atoms with van der Waals surface area (Å²) in [5, 5.41) is 54.7. The minimum Gasteiger partial charge on any atom is -0.387 e. The first-order valence-corrected chi connectivity index (χ1v) is 4.63. The molecule has 1 saturated heterocycles. The Morgan fingerprint density at radius 3 is 1.15 bits per heavy atom. The van der Waals surface area contributed by atoms with Crippen molar-refractivity contribution in [3.05, 3.63) is 0 Å². The van der Waals surface area contributed by atoms with Crippen molar-refractivity contribution in [1.82, 2.24) is 0 Å². The summed E-state index contributed by atoms with van der Waals surface area (Å²) in [7, 11) is 0. The summed E-state index contributed by atoms with van der Waals surface area (Å²) in [4.78, 5) is 0. The van der Waals surface area contributed by atoms with Crippen LogP contribution in [0.1, 0.15) is 0 Å². The molecule has 0 radical (unpaired) electrons. The van der Waals surface area contributed by atoms with Crippen LogP contribution in [-0.2, 0) is 0 Å². The van der Waals surface area contributed by atoms with Crippen LogP contribution in [-0.4, -0.2) is 65.9 Å². The molecule has 78 valence electrons. The molecule has 0 amide bonds. The van der Waals surface area contributed by atoms with Gasteiger partial charge in [0.05, 0.1) is 0 Å². The minimum atomic E-state index is -1.67. The largest absolute Gasteiger partial charge is 0.387 e. The lowest BCUT2D eigenvalue weighted by Gasteiger charge is -2.23. The topological polar surface area (TPSA) is 121 Å². The first-order valence-electron chi connectivity index (χ1n) is 3.69. The lowest BCUT2D eigenvalue weighted by Crippen LogP contribution is -2.47. The van der Waals surface area contributed by atoms with Gasteiger partial charge >= 0.3 is 0 Å². The van der Waals surface area contributed by atoms with Crippen LogP contribution in [0.5, 0.6) is 0 Å². The van der Waals surface area contributed by atoms with Crippen LogP contribution in [0.3, 0.4) is 0 Å². The lowest BCUT2D eigenvalue weighted by molar-refractivity contribution is -0.124. The van der Waals surface area contributed by atoms with E-state index in [0.29, 0.717) is 11.8 Å². The van der Waals surface area contributed by atoms with Crippen molar-refractivity contribution in [2.24, 2.45) is 0 Å². The Bertz CT molecular complexity index is 161. The molecule has 0 aromatic rings. The van der Waals surface area contributed by atoms with Gasteiger partial charge in [-0.1, -0.05) is 11.8 Å². The van der Waals surface area contributed by atoms with Crippen molar-refractivity contribution in [1.29, 1.82) is 0 Å². The van der Waals surface area contributed by atoms with Crippen LogP contribution in [0.4, 0.5) is 0 Å². The van der Waals surface area contributed by atoms with Crippen LogP contribution in [0.15, 0.2) is 0 Å². The van der Waals surface area contributed by atoms with Crippen LogP contribution in [0.2, 0.25) is 0 Å². The summed E-state index contributed by atoms with van der Waals surface area (Å²) in [5.41, 5.74) is -2.87. The smallest absolute Gasteiger partial charge is 0.130 e. The normalized spacial score (nSPS) is 53.1. The van der Waals surface area contributed by atoms with E-state index in [4.69, 9.17) is 30.6 Å². The van der Waals surface area contributed by atoms with E-state index in [1.807, 2.05) is 0 Å². The van der Waals surface area contributed by atoms with Gasteiger partial charge in [0.1, 0.15) is 35.3 Å². The summed E-state index contributed by atoms with van der Waals surface area (Å²) in [6.45, 7) is 0. The second-order valence-corrected chi connectivity index (χ2v) is 4.12. The third-order valence-electron chi connectivity index (χ3n) is 1.91. The molecule has 0 aliphatic carbocycles. The molecule has 6 N–H and O–H groups in total. The van der Waals surface area contributed by atoms with Crippen LogP contribution >= 0.6 is 11.8 Å². The first kappa shape index (κ1) is 11.2. The molecule has 0 bridgehead atoms. The van der Waals surface area contributed by atoms with Crippen LogP contribution in [0.25, 0.3) is 0 Å². The molecular formula is C6H12O6S. The van der Waals surface area contributed by atoms with Crippen molar-refractivity contribution < 1.29 is 30.6 Å². The molecule has 1 fully saturated rings. The highest BCUT2D eigenvalue weighted by atomic mass is 32.2. The molecule has 6 nitrogen and oxygen atoms in total. The van der Waals surface area contributed by atoms with Gasteiger partial charge in [-0.15, -0.1) is 0 Å². The number of rotatable bonds is 0. The Morgan fingerprint density at radius 2 is 0.846 bits per heavy atom. The second kappa shape index (κ2) is 4.09. The SMILES string of the molecule is OC1SC(O)C(O)C(O)C(O)C1O. The Labute approximate surface area is 78.4 Å². The molecule has 1 rings (SSSR count). The maximum atomic E-state index is 9.14. The molecule has 1 heterocycles. The molecule has 0 aromatic carbocycles. The number of thioether (sulfide) groups is 1. The summed E-state index contributed by atoms with van der Waals surface area (Å²) in [5.74, 6) is 0. The summed E-state index contributed by atoms with van der Waals surface area (Å²) < 4.78 is 0. The van der Waals surface area contributed by atoms with E-state index in [0.717, 1.165) is 0 Å². The minimum absolute atomic E-state index is 0.477. The summed E-state index contributed by atoms with van der Waals surface area (Å²) >= 11 is 0.477. The Morgan fingerprint density at radius 1 is 0.538 bits per heavy atom. The first-order chi connectivity index (χ1) is 5.95. The zero-order valence-corrected chi connectivity index (χ0v) is 7.37. The van der Waals surface area contributed by atoms with Crippen LogP contribution < -0.4 is 0 Å². The third kappa shape index (κ3) is 2.13. The van der Waals surface area contributed by atoms with Crippen molar-refractivity contribution in [2.45, 2.75) is 35.3 Å². The van der Waals surface area contributed by atoms with Gasteiger partial charge in [-0.3, -0.25) is 0 Å². The molecule has 7 heteroatoms. The molecule has 13 heavy (non-hydrogen) atoms. The Balaban J connectivity index is 2.79. The molecular weight excluding hydrogens is 200 g/mol. The second-order valence-electron chi connectivity index (χ2n) is 2.88. The van der Waals surface area contributed by atoms with E-state index in [2.05, 4.69) is 0 Å². The lowest BCUT2D eigenvalue weighted by atomic mass is 10.0. The highest BCUT2D eigenvalue weighted by Crippen LogP contribution is 2.28. The van der Waals surface area contributed by atoms with Crippen molar-refractivity contribution >= 4 is 11.8 Å². The van der Waals surface area contributed by atoms with E-state index >= 15 is 0 Å². The zero-order chi connectivity index (χ0) is 10.2. The van der Waals surface area contributed by atoms with Gasteiger partial charge in [0.25, 0.3) is 0 Å². The van der Waals surface area contributed by atoms with Crippen molar-refractivity contribution in [3.63, 3.8) is 0 Å². The maximum Gasteiger partial charge on any atom is 0.130 e. The fraction of sp³-hybridized carbons (Fsp3) is 1.00. The van der Waals surface area contributed by atoms with E-state index in [1.54, 1.807) is 0 Å². The van der Waals surface area contributed by atoms with E-state index in [-0.39, 0.29) is 0 Å². The van der Waals surface area contributed by atoms with Gasteiger partial charge in [-0.2, -0.15) is 0 Å². The summed E-state index contributed by atoms with van der Waals surface area (Å²) in [6, 6.07) is 0. The van der Waals surface area contributed by atoms with Gasteiger partial charge < -0.3 is 30.6 Å². The standard InChI is InChI=1S/C6H12O6S/c7-1-2(8)4(10)6(12)13-5(11)3(1)9/h1-12H. The molecule has 1 aliphatic rings. The fourth-order valence-electron chi connectivity index (χ4n) is 1.05. The monoisotopic (exact) mass is 212 g/mol. The predicted octanol–water partition coefficient (Wildman–Crippen LogP) is -3.19. The maximum absolute atomic E-state index is 9.14. The number of hydrogen-bond acceptors (Lipinski definition) is 7. The van der Waals surface area contributed by atoms with Crippen molar-refractivity contribution in [3.8, 4) is 0 Å². The highest BCUT2D eigenvalue weighted by molar-refractivity contribution is 8.00. The van der Waals surface area contributed by atoms with Crippen LogP contribution in [0, 0.1) is 0 Å². The van der Waals surface area contributed by atoms with Gasteiger partial charge in [0, 0.05) is 0 Å². The molecule has 0 saturated carbocycles. The zero-order valence-electron chi connectivity index (χ0n) is 6.56. The number of aliphatic hydroxyl groups is 6. The molecule has 6 unspecified atom stereocenters. The van der Waals surface area contributed by atoms with E-state index in [1.165, 1.54) is 0 Å². The average molecular weight is 212 g/mol. The van der Waals surface area contributed by atoms with E-state index < -0.39 is 35.3 Å².